The van der Waals surface area contributed by atoms with Gasteiger partial charge in [-0.3, -0.25) is 19.6 Å². The molecular weight excluding hydrogens is 212 g/mol. The lowest BCUT2D eigenvalue weighted by atomic mass is 10.3. The molecule has 4 nitrogen and oxygen atoms in total. The van der Waals surface area contributed by atoms with Crippen LogP contribution < -0.4 is 0 Å². The van der Waals surface area contributed by atoms with Crippen LogP contribution in [0.1, 0.15) is 0 Å². The van der Waals surface area contributed by atoms with Gasteiger partial charge in [-0.15, -0.1) is 0 Å². The molecule has 0 saturated carbocycles. The first kappa shape index (κ1) is 10.0. The van der Waals surface area contributed by atoms with E-state index in [0.29, 0.717) is 0 Å². The summed E-state index contributed by atoms with van der Waals surface area (Å²) in [6.45, 7) is 0. The van der Waals surface area contributed by atoms with Crippen molar-refractivity contribution in [2.75, 3.05) is 0 Å². The molecule has 0 saturated heterocycles. The maximum absolute atomic E-state index is 11.4. The highest BCUT2D eigenvalue weighted by Crippen LogP contribution is 2.24. The third-order valence-corrected chi connectivity index (χ3v) is 3.10. The summed E-state index contributed by atoms with van der Waals surface area (Å²) in [5.74, 6) is -0.194. The van der Waals surface area contributed by atoms with Gasteiger partial charge < -0.3 is 0 Å². The Hall–Kier alpha value is -1.49. The van der Waals surface area contributed by atoms with E-state index in [0.717, 1.165) is 11.8 Å². The van der Waals surface area contributed by atoms with Crippen molar-refractivity contribution in [3.63, 3.8) is 0 Å². The first-order valence-corrected chi connectivity index (χ1v) is 5.34. The van der Waals surface area contributed by atoms with Gasteiger partial charge >= 0.3 is 0 Å². The van der Waals surface area contributed by atoms with Crippen LogP contribution in [0.5, 0.6) is 0 Å². The molecule has 0 fully saturated rings. The van der Waals surface area contributed by atoms with Crippen LogP contribution in [0.4, 0.5) is 0 Å². The molecule has 0 spiro atoms. The number of carbonyl (C=O) groups is 2. The summed E-state index contributed by atoms with van der Waals surface area (Å²) in [4.78, 5) is 30.7. The molecule has 15 heavy (non-hydrogen) atoms. The predicted octanol–water partition coefficient (Wildman–Crippen LogP) is 0.791. The molecule has 0 bridgehead atoms. The number of hydrogen-bond acceptors (Lipinski definition) is 5. The van der Waals surface area contributed by atoms with Crippen molar-refractivity contribution in [1.82, 2.24) is 0 Å². The van der Waals surface area contributed by atoms with E-state index in [1.165, 1.54) is 12.2 Å². The fourth-order valence-electron chi connectivity index (χ4n) is 1.17. The average molecular weight is 220 g/mol. The maximum Gasteiger partial charge on any atom is 0.190 e. The molecule has 0 aromatic carbocycles. The highest BCUT2D eigenvalue weighted by molar-refractivity contribution is 8.01. The van der Waals surface area contributed by atoms with Crippen LogP contribution in [0, 0.1) is 0 Å². The van der Waals surface area contributed by atoms with Crippen LogP contribution in [-0.2, 0) is 9.59 Å². The molecule has 0 aromatic heterocycles. The Morgan fingerprint density at radius 3 is 1.80 bits per heavy atom. The number of hydrogen-bond donors (Lipinski definition) is 0. The Balaban J connectivity index is 2.03. The van der Waals surface area contributed by atoms with E-state index in [1.54, 1.807) is 24.6 Å². The fraction of sp³-hybridized carbons (Fsp3) is 0.200. The van der Waals surface area contributed by atoms with Gasteiger partial charge in [0.05, 0.1) is 0 Å². The van der Waals surface area contributed by atoms with Crippen molar-refractivity contribution < 1.29 is 9.59 Å². The summed E-state index contributed by atoms with van der Waals surface area (Å²) in [6.07, 6.45) is 9.21. The van der Waals surface area contributed by atoms with Gasteiger partial charge in [0.2, 0.25) is 0 Å². The minimum Gasteiger partial charge on any atom is -0.291 e. The highest BCUT2D eigenvalue weighted by Gasteiger charge is 2.25. The molecule has 2 aliphatic heterocycles. The van der Waals surface area contributed by atoms with Gasteiger partial charge in [0, 0.05) is 12.4 Å². The fourth-order valence-corrected chi connectivity index (χ4v) is 2.12. The van der Waals surface area contributed by atoms with Crippen LogP contribution in [0.2, 0.25) is 0 Å². The number of thioether (sulfide) groups is 1. The molecule has 2 atom stereocenters. The summed E-state index contributed by atoms with van der Waals surface area (Å²) >= 11 is 1.16. The topological polar surface area (TPSA) is 58.9 Å². The minimum absolute atomic E-state index is 0.0972. The SMILES string of the molecule is O=C1C=CC=NC1SC1N=CC=CC1=O. The smallest absolute Gasteiger partial charge is 0.190 e. The van der Waals surface area contributed by atoms with E-state index >= 15 is 0 Å². The van der Waals surface area contributed by atoms with E-state index in [9.17, 15) is 9.59 Å². The van der Waals surface area contributed by atoms with Crippen LogP contribution in [-0.4, -0.2) is 34.7 Å². The number of carbonyl (C=O) groups excluding carboxylic acids is 2. The summed E-state index contributed by atoms with van der Waals surface area (Å²) < 4.78 is 0. The van der Waals surface area contributed by atoms with Gasteiger partial charge in [0.25, 0.3) is 0 Å². The molecule has 0 radical (unpaired) electrons. The molecule has 2 unspecified atom stereocenters. The van der Waals surface area contributed by atoms with Crippen molar-refractivity contribution >= 4 is 35.8 Å². The molecule has 0 amide bonds. The summed E-state index contributed by atoms with van der Waals surface area (Å²) in [5.41, 5.74) is 0. The molecule has 2 rings (SSSR count). The lowest BCUT2D eigenvalue weighted by Gasteiger charge is -2.16. The predicted molar refractivity (Wildman–Crippen MR) is 60.4 cm³/mol. The normalized spacial score (nSPS) is 28.8. The lowest BCUT2D eigenvalue weighted by molar-refractivity contribution is -0.114. The molecule has 2 aliphatic rings. The van der Waals surface area contributed by atoms with Crippen molar-refractivity contribution in [1.29, 1.82) is 0 Å². The maximum atomic E-state index is 11.4. The van der Waals surface area contributed by atoms with Crippen LogP contribution >= 0.6 is 11.8 Å². The van der Waals surface area contributed by atoms with Crippen molar-refractivity contribution in [3.8, 4) is 0 Å². The van der Waals surface area contributed by atoms with E-state index in [1.807, 2.05) is 0 Å². The first-order chi connectivity index (χ1) is 7.27. The number of ketones is 2. The number of rotatable bonds is 2. The van der Waals surface area contributed by atoms with Crippen LogP contribution in [0.25, 0.3) is 0 Å². The van der Waals surface area contributed by atoms with Gasteiger partial charge in [-0.05, 0) is 24.3 Å². The standard InChI is InChI=1S/C10H8N2O2S/c13-7-3-1-5-11-9(7)15-10-8(14)4-2-6-12-10/h1-6,9-10H. The monoisotopic (exact) mass is 220 g/mol. The van der Waals surface area contributed by atoms with Crippen molar-refractivity contribution in [2.24, 2.45) is 9.98 Å². The molecule has 76 valence electrons. The largest absolute Gasteiger partial charge is 0.291 e. The third kappa shape index (κ3) is 2.30. The Labute approximate surface area is 90.9 Å². The van der Waals surface area contributed by atoms with Gasteiger partial charge in [-0.2, -0.15) is 0 Å². The van der Waals surface area contributed by atoms with Gasteiger partial charge in [-0.25, -0.2) is 0 Å². The molecule has 0 N–H and O–H groups in total. The molecular formula is C10H8N2O2S. The van der Waals surface area contributed by atoms with E-state index in [2.05, 4.69) is 9.98 Å². The second-order valence-corrected chi connectivity index (χ2v) is 4.13. The zero-order valence-corrected chi connectivity index (χ0v) is 8.55. The second-order valence-electron chi connectivity index (χ2n) is 2.96. The van der Waals surface area contributed by atoms with Crippen molar-refractivity contribution in [3.05, 3.63) is 24.3 Å². The highest BCUT2D eigenvalue weighted by atomic mass is 32.2. The lowest BCUT2D eigenvalue weighted by Crippen LogP contribution is -2.23. The summed E-state index contributed by atoms with van der Waals surface area (Å²) in [5, 5.41) is -1.07. The Bertz CT molecular complexity index is 372. The van der Waals surface area contributed by atoms with E-state index in [4.69, 9.17) is 0 Å². The van der Waals surface area contributed by atoms with Crippen LogP contribution in [0.3, 0.4) is 0 Å². The number of dihydropyridines is 2. The molecule has 2 heterocycles. The number of allylic oxidation sites excluding steroid dienone is 2. The second kappa shape index (κ2) is 4.35. The Morgan fingerprint density at radius 2 is 1.40 bits per heavy atom. The quantitative estimate of drug-likeness (QED) is 0.691. The Kier molecular flexibility index (Phi) is 2.91. The minimum atomic E-state index is -0.535. The molecule has 0 aliphatic carbocycles. The van der Waals surface area contributed by atoms with Gasteiger partial charge in [-0.1, -0.05) is 11.8 Å². The van der Waals surface area contributed by atoms with Gasteiger partial charge in [0.15, 0.2) is 22.3 Å². The van der Waals surface area contributed by atoms with Gasteiger partial charge in [0.1, 0.15) is 0 Å². The third-order valence-electron chi connectivity index (χ3n) is 1.88. The molecule has 5 heteroatoms. The summed E-state index contributed by atoms with van der Waals surface area (Å²) in [7, 11) is 0. The van der Waals surface area contributed by atoms with Crippen molar-refractivity contribution in [2.45, 2.75) is 10.7 Å². The number of aliphatic imine (C=N–C) groups is 2. The van der Waals surface area contributed by atoms with Crippen LogP contribution in [0.15, 0.2) is 34.3 Å². The van der Waals surface area contributed by atoms with E-state index in [-0.39, 0.29) is 11.6 Å². The molecule has 0 aromatic rings. The summed E-state index contributed by atoms with van der Waals surface area (Å²) in [6, 6.07) is 0. The zero-order valence-electron chi connectivity index (χ0n) is 7.74. The zero-order chi connectivity index (χ0) is 10.7. The average Bonchev–Trinajstić information content (AvgIpc) is 2.24. The van der Waals surface area contributed by atoms with E-state index < -0.39 is 10.7 Å². The number of nitrogens with zero attached hydrogens (tertiary/aromatic N) is 2. The Morgan fingerprint density at radius 1 is 0.933 bits per heavy atom. The first-order valence-electron chi connectivity index (χ1n) is 4.40.